The van der Waals surface area contributed by atoms with Crippen LogP contribution in [0.15, 0.2) is 36.7 Å². The average molecular weight is 319 g/mol. The molecular weight excluding hydrogens is 300 g/mol. The molecule has 0 unspecified atom stereocenters. The number of nitrogens with zero attached hydrogens (tertiary/aromatic N) is 4. The van der Waals surface area contributed by atoms with Gasteiger partial charge in [-0.3, -0.25) is 4.79 Å². The summed E-state index contributed by atoms with van der Waals surface area (Å²) in [6.45, 7) is 4.63. The number of likely N-dealkylation sites (N-methyl/N-ethyl adjacent to an activating group) is 1. The van der Waals surface area contributed by atoms with Crippen LogP contribution in [-0.4, -0.2) is 58.2 Å². The van der Waals surface area contributed by atoms with Crippen molar-refractivity contribution in [2.24, 2.45) is 0 Å². The Hall–Kier alpha value is -1.85. The third-order valence-electron chi connectivity index (χ3n) is 3.99. The maximum Gasteiger partial charge on any atom is 0.257 e. The predicted octanol–water partition coefficient (Wildman–Crippen LogP) is 2.30. The Balaban J connectivity index is 1.80. The Kier molecular flexibility index (Phi) is 4.18. The number of benzene rings is 1. The molecule has 0 spiro atoms. The highest BCUT2D eigenvalue weighted by Crippen LogP contribution is 2.17. The zero-order chi connectivity index (χ0) is 15.7. The van der Waals surface area contributed by atoms with Crippen LogP contribution in [-0.2, 0) is 0 Å². The second-order valence-electron chi connectivity index (χ2n) is 5.76. The van der Waals surface area contributed by atoms with E-state index in [-0.39, 0.29) is 11.9 Å². The number of piperazine rings is 1. The lowest BCUT2D eigenvalue weighted by Crippen LogP contribution is -2.52. The Morgan fingerprint density at radius 1 is 1.36 bits per heavy atom. The number of halogens is 1. The van der Waals surface area contributed by atoms with Crippen molar-refractivity contribution >= 4 is 17.5 Å². The number of carbonyl (C=O) groups excluding carboxylic acids is 1. The van der Waals surface area contributed by atoms with E-state index in [4.69, 9.17) is 11.6 Å². The van der Waals surface area contributed by atoms with Crippen molar-refractivity contribution in [1.29, 1.82) is 0 Å². The summed E-state index contributed by atoms with van der Waals surface area (Å²) < 4.78 is 1.68. The van der Waals surface area contributed by atoms with E-state index in [1.54, 1.807) is 17.1 Å². The van der Waals surface area contributed by atoms with Crippen LogP contribution in [0.4, 0.5) is 0 Å². The molecule has 1 aliphatic heterocycles. The van der Waals surface area contributed by atoms with Crippen LogP contribution in [0.25, 0.3) is 5.69 Å². The van der Waals surface area contributed by atoms with Crippen LogP contribution in [0.5, 0.6) is 0 Å². The molecule has 2 aromatic rings. The van der Waals surface area contributed by atoms with Crippen molar-refractivity contribution in [2.75, 3.05) is 26.7 Å². The second kappa shape index (κ2) is 6.10. The van der Waals surface area contributed by atoms with Crippen molar-refractivity contribution in [3.8, 4) is 5.69 Å². The van der Waals surface area contributed by atoms with Gasteiger partial charge in [0.05, 0.1) is 17.4 Å². The van der Waals surface area contributed by atoms with Crippen LogP contribution >= 0.6 is 11.6 Å². The zero-order valence-electron chi connectivity index (χ0n) is 12.7. The minimum Gasteiger partial charge on any atom is -0.333 e. The summed E-state index contributed by atoms with van der Waals surface area (Å²) in [4.78, 5) is 16.8. The maximum absolute atomic E-state index is 12.7. The Morgan fingerprint density at radius 2 is 2.18 bits per heavy atom. The smallest absolute Gasteiger partial charge is 0.257 e. The summed E-state index contributed by atoms with van der Waals surface area (Å²) >= 11 is 6.00. The van der Waals surface area contributed by atoms with Gasteiger partial charge < -0.3 is 9.80 Å². The van der Waals surface area contributed by atoms with Crippen molar-refractivity contribution in [2.45, 2.75) is 13.0 Å². The van der Waals surface area contributed by atoms with Gasteiger partial charge in [0.25, 0.3) is 5.91 Å². The summed E-state index contributed by atoms with van der Waals surface area (Å²) in [6, 6.07) is 7.61. The average Bonchev–Trinajstić information content (AvgIpc) is 2.96. The molecule has 1 aromatic carbocycles. The minimum absolute atomic E-state index is 0.0360. The van der Waals surface area contributed by atoms with E-state index in [0.29, 0.717) is 10.6 Å². The highest BCUT2D eigenvalue weighted by molar-refractivity contribution is 6.30. The van der Waals surface area contributed by atoms with E-state index in [1.165, 1.54) is 0 Å². The van der Waals surface area contributed by atoms with E-state index in [9.17, 15) is 4.79 Å². The van der Waals surface area contributed by atoms with Crippen molar-refractivity contribution in [3.05, 3.63) is 47.2 Å². The molecule has 116 valence electrons. The van der Waals surface area contributed by atoms with Crippen LogP contribution in [0.3, 0.4) is 0 Å². The number of amides is 1. The molecule has 0 aliphatic carbocycles. The topological polar surface area (TPSA) is 41.4 Å². The fourth-order valence-corrected chi connectivity index (χ4v) is 2.98. The maximum atomic E-state index is 12.7. The number of hydrogen-bond acceptors (Lipinski definition) is 3. The van der Waals surface area contributed by atoms with E-state index in [2.05, 4.69) is 24.0 Å². The molecule has 2 heterocycles. The molecular formula is C16H19ClN4O. The SMILES string of the molecule is C[C@H]1CN(C)CCN1C(=O)c1cnn(-c2cccc(Cl)c2)c1. The van der Waals surface area contributed by atoms with Gasteiger partial charge in [0, 0.05) is 36.9 Å². The number of hydrogen-bond donors (Lipinski definition) is 0. The van der Waals surface area contributed by atoms with Crippen LogP contribution in [0, 0.1) is 0 Å². The van der Waals surface area contributed by atoms with Gasteiger partial charge in [0.1, 0.15) is 0 Å². The van der Waals surface area contributed by atoms with E-state index < -0.39 is 0 Å². The van der Waals surface area contributed by atoms with Crippen LogP contribution in [0.2, 0.25) is 5.02 Å². The second-order valence-corrected chi connectivity index (χ2v) is 6.20. The van der Waals surface area contributed by atoms with Crippen molar-refractivity contribution in [1.82, 2.24) is 19.6 Å². The zero-order valence-corrected chi connectivity index (χ0v) is 13.5. The largest absolute Gasteiger partial charge is 0.333 e. The Bertz CT molecular complexity index is 684. The molecule has 1 saturated heterocycles. The van der Waals surface area contributed by atoms with Gasteiger partial charge in [-0.15, -0.1) is 0 Å². The molecule has 1 atom stereocenters. The van der Waals surface area contributed by atoms with Crippen molar-refractivity contribution < 1.29 is 4.79 Å². The van der Waals surface area contributed by atoms with E-state index in [0.717, 1.165) is 25.3 Å². The van der Waals surface area contributed by atoms with E-state index in [1.807, 2.05) is 29.2 Å². The fourth-order valence-electron chi connectivity index (χ4n) is 2.80. The molecule has 0 saturated carbocycles. The molecule has 1 aliphatic rings. The summed E-state index contributed by atoms with van der Waals surface area (Å²) in [5, 5.41) is 4.93. The molecule has 0 radical (unpaired) electrons. The molecule has 6 heteroatoms. The quantitative estimate of drug-likeness (QED) is 0.853. The molecule has 0 bridgehead atoms. The van der Waals surface area contributed by atoms with Gasteiger partial charge in [0.15, 0.2) is 0 Å². The molecule has 1 fully saturated rings. The number of rotatable bonds is 2. The lowest BCUT2D eigenvalue weighted by molar-refractivity contribution is 0.0533. The summed E-state index contributed by atoms with van der Waals surface area (Å²) in [5.74, 6) is 0.0360. The summed E-state index contributed by atoms with van der Waals surface area (Å²) in [5.41, 5.74) is 1.45. The number of aromatic nitrogens is 2. The van der Waals surface area contributed by atoms with Gasteiger partial charge >= 0.3 is 0 Å². The third kappa shape index (κ3) is 3.00. The minimum atomic E-state index is 0.0360. The normalized spacial score (nSPS) is 19.4. The van der Waals surface area contributed by atoms with Crippen LogP contribution in [0.1, 0.15) is 17.3 Å². The first-order chi connectivity index (χ1) is 10.5. The van der Waals surface area contributed by atoms with Gasteiger partial charge in [-0.2, -0.15) is 5.10 Å². The van der Waals surface area contributed by atoms with Crippen LogP contribution < -0.4 is 0 Å². The van der Waals surface area contributed by atoms with Gasteiger partial charge in [0.2, 0.25) is 0 Å². The molecule has 22 heavy (non-hydrogen) atoms. The summed E-state index contributed by atoms with van der Waals surface area (Å²) in [6.07, 6.45) is 3.38. The molecule has 0 N–H and O–H groups in total. The summed E-state index contributed by atoms with van der Waals surface area (Å²) in [7, 11) is 2.08. The standard InChI is InChI=1S/C16H19ClN4O/c1-12-10-19(2)6-7-20(12)16(22)13-9-18-21(11-13)15-5-3-4-14(17)8-15/h3-5,8-9,11-12H,6-7,10H2,1-2H3/t12-/m0/s1. The number of carbonyl (C=O) groups is 1. The van der Waals surface area contributed by atoms with Crippen molar-refractivity contribution in [3.63, 3.8) is 0 Å². The lowest BCUT2D eigenvalue weighted by atomic mass is 10.1. The highest BCUT2D eigenvalue weighted by Gasteiger charge is 2.27. The molecule has 5 nitrogen and oxygen atoms in total. The molecule has 3 rings (SSSR count). The van der Waals surface area contributed by atoms with Gasteiger partial charge in [-0.25, -0.2) is 4.68 Å². The Morgan fingerprint density at radius 3 is 2.91 bits per heavy atom. The lowest BCUT2D eigenvalue weighted by Gasteiger charge is -2.38. The molecule has 1 aromatic heterocycles. The third-order valence-corrected chi connectivity index (χ3v) is 4.23. The first kappa shape index (κ1) is 15.1. The van der Waals surface area contributed by atoms with E-state index >= 15 is 0 Å². The first-order valence-electron chi connectivity index (χ1n) is 7.35. The molecule has 1 amide bonds. The van der Waals surface area contributed by atoms with Gasteiger partial charge in [-0.1, -0.05) is 17.7 Å². The van der Waals surface area contributed by atoms with Gasteiger partial charge in [-0.05, 0) is 32.2 Å². The Labute approximate surface area is 135 Å². The predicted molar refractivity (Wildman–Crippen MR) is 86.6 cm³/mol. The first-order valence-corrected chi connectivity index (χ1v) is 7.72. The highest BCUT2D eigenvalue weighted by atomic mass is 35.5. The fraction of sp³-hybridized carbons (Fsp3) is 0.375. The monoisotopic (exact) mass is 318 g/mol.